The number of nitrogens with zero attached hydrogens (tertiary/aromatic N) is 2. The normalized spacial score (nSPS) is 11.8. The molecule has 1 amide bonds. The van der Waals surface area contributed by atoms with Crippen LogP contribution >= 0.6 is 15.9 Å². The van der Waals surface area contributed by atoms with Gasteiger partial charge in [0.15, 0.2) is 0 Å². The van der Waals surface area contributed by atoms with Crippen molar-refractivity contribution in [1.82, 2.24) is 9.73 Å². The summed E-state index contributed by atoms with van der Waals surface area (Å²) in [5.41, 5.74) is 3.28. The van der Waals surface area contributed by atoms with Gasteiger partial charge in [0.25, 0.3) is 5.91 Å². The van der Waals surface area contributed by atoms with E-state index in [0.717, 1.165) is 4.47 Å². The summed E-state index contributed by atoms with van der Waals surface area (Å²) in [5, 5.41) is 3.94. The van der Waals surface area contributed by atoms with E-state index < -0.39 is 15.9 Å². The SMILES string of the molecule is CCN(CC)S(=O)(=O)c1cccc(C(=O)N/N=C\c2cc(Br)ccc2OC)c1. The van der Waals surface area contributed by atoms with E-state index in [0.29, 0.717) is 24.4 Å². The first-order valence-electron chi connectivity index (χ1n) is 8.60. The first-order chi connectivity index (χ1) is 13.3. The van der Waals surface area contributed by atoms with Crippen LogP contribution < -0.4 is 10.2 Å². The van der Waals surface area contributed by atoms with Gasteiger partial charge in [0.2, 0.25) is 10.0 Å². The number of amides is 1. The van der Waals surface area contributed by atoms with Gasteiger partial charge in [-0.1, -0.05) is 35.8 Å². The number of benzene rings is 2. The molecule has 2 aromatic carbocycles. The van der Waals surface area contributed by atoms with Crippen LogP contribution in [-0.2, 0) is 10.0 Å². The van der Waals surface area contributed by atoms with Gasteiger partial charge in [-0.05, 0) is 36.4 Å². The molecule has 0 unspecified atom stereocenters. The quantitative estimate of drug-likeness (QED) is 0.476. The molecule has 0 atom stereocenters. The highest BCUT2D eigenvalue weighted by atomic mass is 79.9. The summed E-state index contributed by atoms with van der Waals surface area (Å²) >= 11 is 3.37. The average Bonchev–Trinajstić information content (AvgIpc) is 2.69. The van der Waals surface area contributed by atoms with E-state index in [-0.39, 0.29) is 10.5 Å². The van der Waals surface area contributed by atoms with E-state index in [1.54, 1.807) is 33.1 Å². The Kier molecular flexibility index (Phi) is 7.73. The third-order valence-electron chi connectivity index (χ3n) is 4.00. The van der Waals surface area contributed by atoms with Crippen LogP contribution in [-0.4, -0.2) is 45.0 Å². The average molecular weight is 468 g/mol. The molecule has 0 bridgehead atoms. The molecular weight excluding hydrogens is 446 g/mol. The Morgan fingerprint density at radius 1 is 1.21 bits per heavy atom. The number of hydrogen-bond acceptors (Lipinski definition) is 5. The highest BCUT2D eigenvalue weighted by Crippen LogP contribution is 2.21. The van der Waals surface area contributed by atoms with Crippen LogP contribution in [0.2, 0.25) is 0 Å². The van der Waals surface area contributed by atoms with Crippen LogP contribution in [0.4, 0.5) is 0 Å². The molecule has 0 aliphatic heterocycles. The second kappa shape index (κ2) is 9.81. The summed E-state index contributed by atoms with van der Waals surface area (Å²) in [6.07, 6.45) is 1.46. The molecule has 0 saturated heterocycles. The minimum atomic E-state index is -3.64. The van der Waals surface area contributed by atoms with E-state index in [1.165, 1.54) is 34.8 Å². The lowest BCUT2D eigenvalue weighted by molar-refractivity contribution is 0.0955. The van der Waals surface area contributed by atoms with Crippen molar-refractivity contribution in [2.45, 2.75) is 18.7 Å². The molecule has 7 nitrogen and oxygen atoms in total. The summed E-state index contributed by atoms with van der Waals surface area (Å²) in [5.74, 6) is 0.0929. The molecule has 0 aliphatic carbocycles. The van der Waals surface area contributed by atoms with Gasteiger partial charge < -0.3 is 4.74 Å². The molecule has 0 saturated carbocycles. The molecule has 0 aromatic heterocycles. The number of halogens is 1. The fourth-order valence-corrected chi connectivity index (χ4v) is 4.42. The zero-order chi connectivity index (χ0) is 20.7. The molecule has 0 heterocycles. The van der Waals surface area contributed by atoms with Crippen LogP contribution in [0.15, 0.2) is 56.9 Å². The van der Waals surface area contributed by atoms with Gasteiger partial charge in [-0.2, -0.15) is 9.41 Å². The van der Waals surface area contributed by atoms with Crippen LogP contribution in [0, 0.1) is 0 Å². The zero-order valence-corrected chi connectivity index (χ0v) is 18.2. The number of carbonyl (C=O) groups excluding carboxylic acids is 1. The summed E-state index contributed by atoms with van der Waals surface area (Å²) in [6, 6.07) is 11.3. The summed E-state index contributed by atoms with van der Waals surface area (Å²) < 4.78 is 32.7. The molecule has 0 fully saturated rings. The standard InChI is InChI=1S/C19H22BrN3O4S/c1-4-23(5-2)28(25,26)17-8-6-7-14(12-17)19(24)22-21-13-15-11-16(20)9-10-18(15)27-3/h6-13H,4-5H2,1-3H3,(H,22,24)/b21-13-. The van der Waals surface area contributed by atoms with E-state index in [9.17, 15) is 13.2 Å². The van der Waals surface area contributed by atoms with E-state index >= 15 is 0 Å². The monoisotopic (exact) mass is 467 g/mol. The Bertz CT molecular complexity index is 973. The molecular formula is C19H22BrN3O4S. The van der Waals surface area contributed by atoms with E-state index in [1.807, 2.05) is 6.07 Å². The van der Waals surface area contributed by atoms with Crippen molar-refractivity contribution < 1.29 is 17.9 Å². The van der Waals surface area contributed by atoms with Gasteiger partial charge in [0.1, 0.15) is 5.75 Å². The lowest BCUT2D eigenvalue weighted by Crippen LogP contribution is -2.30. The molecule has 1 N–H and O–H groups in total. The van der Waals surface area contributed by atoms with Crippen LogP contribution in [0.3, 0.4) is 0 Å². The Labute approximate surface area is 173 Å². The van der Waals surface area contributed by atoms with Gasteiger partial charge in [-0.15, -0.1) is 0 Å². The van der Waals surface area contributed by atoms with Crippen molar-refractivity contribution in [1.29, 1.82) is 0 Å². The van der Waals surface area contributed by atoms with Gasteiger partial charge in [-0.25, -0.2) is 13.8 Å². The predicted octanol–water partition coefficient (Wildman–Crippen LogP) is 3.25. The molecule has 0 spiro atoms. The van der Waals surface area contributed by atoms with Crippen molar-refractivity contribution >= 4 is 38.1 Å². The number of ether oxygens (including phenoxy) is 1. The summed E-state index contributed by atoms with van der Waals surface area (Å²) in [7, 11) is -2.10. The maximum Gasteiger partial charge on any atom is 0.271 e. The Morgan fingerprint density at radius 3 is 2.57 bits per heavy atom. The van der Waals surface area contributed by atoms with Gasteiger partial charge in [0, 0.05) is 28.7 Å². The molecule has 9 heteroatoms. The second-order valence-corrected chi connectivity index (χ2v) is 8.56. The number of sulfonamides is 1. The fraction of sp³-hybridized carbons (Fsp3) is 0.263. The highest BCUT2D eigenvalue weighted by molar-refractivity contribution is 9.10. The number of nitrogens with one attached hydrogen (secondary N) is 1. The third kappa shape index (κ3) is 5.18. The second-order valence-electron chi connectivity index (χ2n) is 5.70. The van der Waals surface area contributed by atoms with Crippen molar-refractivity contribution in [3.05, 3.63) is 58.1 Å². The molecule has 2 aromatic rings. The summed E-state index contributed by atoms with van der Waals surface area (Å²) in [6.45, 7) is 4.24. The van der Waals surface area contributed by atoms with Gasteiger partial charge >= 0.3 is 0 Å². The van der Waals surface area contributed by atoms with Gasteiger partial charge in [0.05, 0.1) is 18.2 Å². The number of hydrazone groups is 1. The minimum Gasteiger partial charge on any atom is -0.496 e. The number of carbonyl (C=O) groups is 1. The predicted molar refractivity (Wildman–Crippen MR) is 112 cm³/mol. The van der Waals surface area contributed by atoms with Crippen molar-refractivity contribution in [3.8, 4) is 5.75 Å². The largest absolute Gasteiger partial charge is 0.496 e. The Morgan fingerprint density at radius 2 is 1.93 bits per heavy atom. The van der Waals surface area contributed by atoms with E-state index in [2.05, 4.69) is 26.5 Å². The Balaban J connectivity index is 2.19. The lowest BCUT2D eigenvalue weighted by atomic mass is 10.2. The maximum atomic E-state index is 12.6. The highest BCUT2D eigenvalue weighted by Gasteiger charge is 2.22. The number of methoxy groups -OCH3 is 1. The smallest absolute Gasteiger partial charge is 0.271 e. The first-order valence-corrected chi connectivity index (χ1v) is 10.8. The topological polar surface area (TPSA) is 88.1 Å². The van der Waals surface area contributed by atoms with Crippen LogP contribution in [0.25, 0.3) is 0 Å². The zero-order valence-electron chi connectivity index (χ0n) is 15.8. The number of rotatable bonds is 8. The molecule has 0 aliphatic rings. The maximum absolute atomic E-state index is 12.6. The Hall–Kier alpha value is -2.23. The fourth-order valence-electron chi connectivity index (χ4n) is 2.54. The molecule has 28 heavy (non-hydrogen) atoms. The minimum absolute atomic E-state index is 0.0708. The third-order valence-corrected chi connectivity index (χ3v) is 6.54. The molecule has 2 rings (SSSR count). The van der Waals surface area contributed by atoms with Crippen molar-refractivity contribution in [3.63, 3.8) is 0 Å². The lowest BCUT2D eigenvalue weighted by Gasteiger charge is -2.18. The van der Waals surface area contributed by atoms with Crippen LogP contribution in [0.5, 0.6) is 5.75 Å². The van der Waals surface area contributed by atoms with Crippen LogP contribution in [0.1, 0.15) is 29.8 Å². The number of hydrogen-bond donors (Lipinski definition) is 1. The molecule has 0 radical (unpaired) electrons. The summed E-state index contributed by atoms with van der Waals surface area (Å²) in [4.78, 5) is 12.4. The first kappa shape index (κ1) is 22.1. The molecule has 150 valence electrons. The van der Waals surface area contributed by atoms with Crippen molar-refractivity contribution in [2.75, 3.05) is 20.2 Å². The van der Waals surface area contributed by atoms with Gasteiger partial charge in [-0.3, -0.25) is 4.79 Å². The van der Waals surface area contributed by atoms with E-state index in [4.69, 9.17) is 4.74 Å². The van der Waals surface area contributed by atoms with Crippen molar-refractivity contribution in [2.24, 2.45) is 5.10 Å².